The predicted molar refractivity (Wildman–Crippen MR) is 313 cm³/mol. The molecule has 1 fully saturated rings. The molecule has 6 aromatic carbocycles. The monoisotopic (exact) mass is 966 g/mol. The molecule has 0 amide bonds. The zero-order valence-electron chi connectivity index (χ0n) is 43.8. The van der Waals surface area contributed by atoms with E-state index in [9.17, 15) is 0 Å². The molecule has 5 aliphatic rings. The van der Waals surface area contributed by atoms with Crippen LogP contribution in [0.1, 0.15) is 87.1 Å². The summed E-state index contributed by atoms with van der Waals surface area (Å²) in [4.78, 5) is 10.2. The zero-order chi connectivity index (χ0) is 51.3. The van der Waals surface area contributed by atoms with Gasteiger partial charge in [-0.15, -0.1) is 0 Å². The Balaban J connectivity index is 0.000000369. The number of fused-ring (bicyclic) bond motifs is 1. The quantitative estimate of drug-likeness (QED) is 0.108. The Morgan fingerprint density at radius 1 is 0.548 bits per heavy atom. The van der Waals surface area contributed by atoms with Crippen molar-refractivity contribution in [3.05, 3.63) is 269 Å². The average molecular weight is 966 g/mol. The molecule has 0 radical (unpaired) electrons. The number of nitrogens with one attached hydrogen (secondary N) is 3. The fourth-order valence-corrected chi connectivity index (χ4v) is 9.11. The third-order valence-corrected chi connectivity index (χ3v) is 12.9. The van der Waals surface area contributed by atoms with Crippen LogP contribution in [0.15, 0.2) is 247 Å². The van der Waals surface area contributed by atoms with Crippen LogP contribution in [-0.4, -0.2) is 25.5 Å². The van der Waals surface area contributed by atoms with Crippen LogP contribution in [0, 0.1) is 13.8 Å². The van der Waals surface area contributed by atoms with Crippen LogP contribution in [0.3, 0.4) is 0 Å². The molecule has 2 aliphatic heterocycles. The minimum absolute atomic E-state index is 0.00406. The van der Waals surface area contributed by atoms with Gasteiger partial charge in [0.25, 0.3) is 0 Å². The fraction of sp³-hybridized carbons (Fsp3) is 0.227. The Kier molecular flexibility index (Phi) is 19.9. The first-order chi connectivity index (χ1) is 35.9. The van der Waals surface area contributed by atoms with E-state index < -0.39 is 5.66 Å². The molecule has 0 spiro atoms. The molecule has 73 heavy (non-hydrogen) atoms. The number of hydrogen-bond donors (Lipinski definition) is 4. The molecule has 0 aromatic heterocycles. The number of benzene rings is 6. The van der Waals surface area contributed by atoms with Gasteiger partial charge in [0.05, 0.1) is 6.04 Å². The molecule has 2 heterocycles. The molecule has 2 atom stereocenters. The number of allylic oxidation sites excluding steroid dienone is 11. The van der Waals surface area contributed by atoms with E-state index in [-0.39, 0.29) is 6.04 Å². The van der Waals surface area contributed by atoms with Crippen LogP contribution in [0.4, 0.5) is 22.7 Å². The maximum atomic E-state index is 5.48. The van der Waals surface area contributed by atoms with Gasteiger partial charge in [0.1, 0.15) is 5.84 Å². The first-order valence-corrected chi connectivity index (χ1v) is 26.1. The number of para-hydroxylation sites is 2. The van der Waals surface area contributed by atoms with E-state index in [4.69, 9.17) is 4.99 Å². The Morgan fingerprint density at radius 3 is 1.63 bits per heavy atom. The average Bonchev–Trinajstić information content (AvgIpc) is 4.15. The van der Waals surface area contributed by atoms with Crippen molar-refractivity contribution < 1.29 is 0 Å². The second-order valence-electron chi connectivity index (χ2n) is 18.1. The largest absolute Gasteiger partial charge is 0.333 e. The van der Waals surface area contributed by atoms with Gasteiger partial charge < -0.3 is 21.0 Å². The van der Waals surface area contributed by atoms with E-state index in [2.05, 4.69) is 259 Å². The van der Waals surface area contributed by atoms with Gasteiger partial charge >= 0.3 is 0 Å². The van der Waals surface area contributed by atoms with Crippen molar-refractivity contribution in [2.75, 3.05) is 23.4 Å². The predicted octanol–water partition coefficient (Wildman–Crippen LogP) is 15.4. The summed E-state index contributed by atoms with van der Waals surface area (Å²) in [5.74, 6) is 0.806. The van der Waals surface area contributed by atoms with Crippen molar-refractivity contribution in [1.29, 1.82) is 0 Å². The number of amidine groups is 1. The first kappa shape index (κ1) is 53.3. The third-order valence-electron chi connectivity index (χ3n) is 12.9. The number of aryl methyl sites for hydroxylation is 2. The second kappa shape index (κ2) is 27.3. The van der Waals surface area contributed by atoms with Crippen molar-refractivity contribution in [2.45, 2.75) is 84.8 Å². The second-order valence-corrected chi connectivity index (χ2v) is 18.1. The molecule has 5 N–H and O–H groups in total. The van der Waals surface area contributed by atoms with Gasteiger partial charge in [-0.3, -0.25) is 5.32 Å². The van der Waals surface area contributed by atoms with E-state index in [1.54, 1.807) is 0 Å². The van der Waals surface area contributed by atoms with E-state index in [1.807, 2.05) is 32.0 Å². The van der Waals surface area contributed by atoms with E-state index >= 15 is 0 Å². The number of hydrogen-bond acceptors (Lipinski definition) is 7. The van der Waals surface area contributed by atoms with Gasteiger partial charge in [-0.25, -0.2) is 10.4 Å². The van der Waals surface area contributed by atoms with Crippen LogP contribution >= 0.6 is 0 Å². The van der Waals surface area contributed by atoms with Crippen molar-refractivity contribution >= 4 is 34.2 Å². The first-order valence-electron chi connectivity index (χ1n) is 26.1. The highest BCUT2D eigenvalue weighted by Gasteiger charge is 2.55. The zero-order valence-corrected chi connectivity index (χ0v) is 43.8. The van der Waals surface area contributed by atoms with Crippen molar-refractivity contribution in [1.82, 2.24) is 16.2 Å². The Bertz CT molecular complexity index is 2890. The maximum Gasteiger partial charge on any atom is 0.158 e. The lowest BCUT2D eigenvalue weighted by Gasteiger charge is -2.29. The molecule has 2 unspecified atom stereocenters. The van der Waals surface area contributed by atoms with Crippen molar-refractivity contribution in [3.63, 3.8) is 0 Å². The molecule has 374 valence electrons. The van der Waals surface area contributed by atoms with Gasteiger partial charge in [-0.1, -0.05) is 194 Å². The highest BCUT2D eigenvalue weighted by atomic mass is 15.4. The number of nitrogens with zero attached hydrogens (tertiary/aromatic N) is 3. The van der Waals surface area contributed by atoms with Crippen molar-refractivity contribution in [3.8, 4) is 0 Å². The highest BCUT2D eigenvalue weighted by Crippen LogP contribution is 2.44. The topological polar surface area (TPSA) is 90.9 Å². The minimum Gasteiger partial charge on any atom is -0.333 e. The lowest BCUT2D eigenvalue weighted by atomic mass is 9.98. The van der Waals surface area contributed by atoms with E-state index in [0.717, 1.165) is 59.7 Å². The molecular formula is C66H75N7. The minimum atomic E-state index is -0.629. The summed E-state index contributed by atoms with van der Waals surface area (Å²) in [5, 5.41) is 3.83. The molecule has 6 aromatic rings. The van der Waals surface area contributed by atoms with Crippen molar-refractivity contribution in [2.24, 2.45) is 10.7 Å². The number of rotatable bonds is 9. The molecule has 11 rings (SSSR count). The van der Waals surface area contributed by atoms with Crippen LogP contribution in [0.2, 0.25) is 0 Å². The van der Waals surface area contributed by atoms with Crippen LogP contribution in [0.25, 0.3) is 5.57 Å². The van der Waals surface area contributed by atoms with Crippen LogP contribution in [0.5, 0.6) is 0 Å². The Hall–Kier alpha value is -7.55. The van der Waals surface area contributed by atoms with Gasteiger partial charge in [-0.2, -0.15) is 0 Å². The highest BCUT2D eigenvalue weighted by molar-refractivity contribution is 5.99. The molecule has 3 aliphatic carbocycles. The summed E-state index contributed by atoms with van der Waals surface area (Å²) in [5.41, 5.74) is 26.5. The molecular weight excluding hydrogens is 891 g/mol. The molecule has 7 nitrogen and oxygen atoms in total. The van der Waals surface area contributed by atoms with Gasteiger partial charge in [0, 0.05) is 46.3 Å². The lowest BCUT2D eigenvalue weighted by Crippen LogP contribution is -2.39. The SMILES string of the molecule is CC.CC1=CCCC=C1.CN.Cc1ccc(/C2=N/C3(c4ccc(N(C5=CCCC=C5)c5ccccc5)cc4)NC3/C=C(/c3ccc(N(C4=CC=CCC4)c4ccccc4)cc3)CNN2)cc1.Cc1ccccc1. The summed E-state index contributed by atoms with van der Waals surface area (Å²) >= 11 is 0. The number of hydrazine groups is 1. The Morgan fingerprint density at radius 2 is 1.10 bits per heavy atom. The molecule has 0 saturated carbocycles. The van der Waals surface area contributed by atoms with Gasteiger partial charge in [0.2, 0.25) is 0 Å². The van der Waals surface area contributed by atoms with Gasteiger partial charge in [0.15, 0.2) is 5.66 Å². The lowest BCUT2D eigenvalue weighted by molar-refractivity contribution is 0.677. The molecule has 0 bridgehead atoms. The number of anilines is 4. The van der Waals surface area contributed by atoms with Crippen LogP contribution in [-0.2, 0) is 5.66 Å². The summed E-state index contributed by atoms with van der Waals surface area (Å²) in [6, 6.07) is 58.0. The number of aliphatic imine (C=N–C) groups is 1. The van der Waals surface area contributed by atoms with E-state index in [1.165, 1.54) is 64.8 Å². The maximum absolute atomic E-state index is 5.48. The number of nitrogens with two attached hydrogens (primary N) is 1. The smallest absolute Gasteiger partial charge is 0.158 e. The summed E-state index contributed by atoms with van der Waals surface area (Å²) in [7, 11) is 1.50. The Labute approximate surface area is 436 Å². The standard InChI is InChI=1S/C49H46N6.C7H10.C7H8.C2H6.CH5N/c1-36-22-24-38(25-23-36)48-52-49(40-28-32-46(33-29-40)55(43-18-10-4-11-19-43)44-20-12-5-13-21-44)47(51-49)34-39(35-50-53-48)37-26-30-45(31-27-37)54(41-14-6-2-7-15-41)42-16-8-3-9-17-42;2*1-7-5-3-2-4-6-7;2*1-2/h2-4,6-8,10-12,14-16,18-34,47,50-51H,5,9,13,17,35H2,1H3,(H,52,53);3,5-6H,2,4H2,1H3;2-6H,1H3;1-2H3;2H2,1H3/b39-34+;;;;. The third kappa shape index (κ3) is 14.3. The summed E-state index contributed by atoms with van der Waals surface area (Å²) in [6.07, 6.45) is 29.1. The normalized spacial score (nSPS) is 19.5. The summed E-state index contributed by atoms with van der Waals surface area (Å²) < 4.78 is 0. The van der Waals surface area contributed by atoms with Crippen LogP contribution < -0.4 is 31.7 Å². The molecule has 1 saturated heterocycles. The van der Waals surface area contributed by atoms with E-state index in [0.29, 0.717) is 6.54 Å². The summed E-state index contributed by atoms with van der Waals surface area (Å²) in [6.45, 7) is 11.0. The van der Waals surface area contributed by atoms with Gasteiger partial charge in [-0.05, 0) is 144 Å². The fourth-order valence-electron chi connectivity index (χ4n) is 9.11. The molecule has 7 heteroatoms.